The van der Waals surface area contributed by atoms with Gasteiger partial charge in [0, 0.05) is 32.0 Å². The lowest BCUT2D eigenvalue weighted by Gasteiger charge is -2.30. The molecule has 0 saturated heterocycles. The summed E-state index contributed by atoms with van der Waals surface area (Å²) in [4.78, 5) is 0. The molecule has 23 heavy (non-hydrogen) atoms. The molecule has 4 nitrogen and oxygen atoms in total. The topological polar surface area (TPSA) is 44.8 Å². The molecule has 2 aromatic rings. The molecule has 0 spiro atoms. The van der Waals surface area contributed by atoms with E-state index in [1.54, 1.807) is 14.2 Å². The van der Waals surface area contributed by atoms with Gasteiger partial charge in [0.15, 0.2) is 0 Å². The number of rotatable bonds is 5. The SMILES string of the molecule is CO[Si](C)(CCP1(=O)Oc2ccccc2-c2ccccc21)OC. The lowest BCUT2D eigenvalue weighted by molar-refractivity contribution is 0.251. The van der Waals surface area contributed by atoms with E-state index in [0.29, 0.717) is 18.0 Å². The van der Waals surface area contributed by atoms with Crippen LogP contribution in [0, 0.1) is 0 Å². The standard InChI is InChI=1S/C17H21O4PSi/c1-19-23(3,20-2)13-12-22(18)17-11-7-5-9-15(17)14-8-4-6-10-16(14)21-22/h4-11H,12-13H2,1-3H3. The van der Waals surface area contributed by atoms with Crippen LogP contribution in [0.15, 0.2) is 48.5 Å². The minimum atomic E-state index is -2.98. The molecule has 122 valence electrons. The number of hydrogen-bond acceptors (Lipinski definition) is 4. The zero-order valence-corrected chi connectivity index (χ0v) is 15.5. The molecular weight excluding hydrogens is 327 g/mol. The van der Waals surface area contributed by atoms with Crippen molar-refractivity contribution in [3.8, 4) is 16.9 Å². The highest BCUT2D eigenvalue weighted by atomic mass is 31.2. The summed E-state index contributed by atoms with van der Waals surface area (Å²) < 4.78 is 30.6. The van der Waals surface area contributed by atoms with Crippen LogP contribution in [0.2, 0.25) is 12.6 Å². The second-order valence-corrected chi connectivity index (χ2v) is 11.8. The van der Waals surface area contributed by atoms with Crippen LogP contribution in [0.25, 0.3) is 11.1 Å². The van der Waals surface area contributed by atoms with Crippen molar-refractivity contribution in [1.29, 1.82) is 0 Å². The molecule has 0 bridgehead atoms. The van der Waals surface area contributed by atoms with E-state index in [9.17, 15) is 4.57 Å². The number of para-hydroxylation sites is 1. The summed E-state index contributed by atoms with van der Waals surface area (Å²) in [6.45, 7) is 1.98. The van der Waals surface area contributed by atoms with Crippen LogP contribution in [0.4, 0.5) is 0 Å². The van der Waals surface area contributed by atoms with Crippen molar-refractivity contribution in [2.24, 2.45) is 0 Å². The first kappa shape index (κ1) is 16.5. The number of benzene rings is 2. The van der Waals surface area contributed by atoms with Crippen molar-refractivity contribution < 1.29 is 17.9 Å². The fraction of sp³-hybridized carbons (Fsp3) is 0.294. The third-order valence-corrected chi connectivity index (χ3v) is 10.2. The molecule has 1 heterocycles. The highest BCUT2D eigenvalue weighted by Gasteiger charge is 2.39. The van der Waals surface area contributed by atoms with Gasteiger partial charge in [-0.15, -0.1) is 0 Å². The number of hydrogen-bond donors (Lipinski definition) is 0. The minimum Gasteiger partial charge on any atom is -0.439 e. The van der Waals surface area contributed by atoms with Gasteiger partial charge < -0.3 is 13.4 Å². The van der Waals surface area contributed by atoms with Gasteiger partial charge in [-0.05, 0) is 24.2 Å². The summed E-state index contributed by atoms with van der Waals surface area (Å²) >= 11 is 0. The molecule has 6 heteroatoms. The quantitative estimate of drug-likeness (QED) is 0.605. The van der Waals surface area contributed by atoms with Crippen molar-refractivity contribution in [2.45, 2.75) is 12.6 Å². The first-order chi connectivity index (χ1) is 11.0. The predicted molar refractivity (Wildman–Crippen MR) is 95.1 cm³/mol. The summed E-state index contributed by atoms with van der Waals surface area (Å²) in [6, 6.07) is 16.2. The fourth-order valence-electron chi connectivity index (χ4n) is 2.78. The Morgan fingerprint density at radius 1 is 1.00 bits per heavy atom. The normalized spacial score (nSPS) is 19.6. The summed E-state index contributed by atoms with van der Waals surface area (Å²) in [5, 5.41) is 0.794. The maximum Gasteiger partial charge on any atom is 0.334 e. The number of fused-ring (bicyclic) bond motifs is 3. The van der Waals surface area contributed by atoms with Crippen LogP contribution < -0.4 is 9.83 Å². The maximum absolute atomic E-state index is 13.6. The Balaban J connectivity index is 2.00. The van der Waals surface area contributed by atoms with Crippen molar-refractivity contribution in [3.05, 3.63) is 48.5 Å². The Morgan fingerprint density at radius 3 is 2.30 bits per heavy atom. The van der Waals surface area contributed by atoms with E-state index in [1.807, 2.05) is 55.1 Å². The van der Waals surface area contributed by atoms with Crippen molar-refractivity contribution in [1.82, 2.24) is 0 Å². The molecule has 1 atom stereocenters. The Kier molecular flexibility index (Phi) is 4.47. The largest absolute Gasteiger partial charge is 0.439 e. The lowest BCUT2D eigenvalue weighted by atomic mass is 10.0. The highest BCUT2D eigenvalue weighted by Crippen LogP contribution is 2.55. The van der Waals surface area contributed by atoms with Crippen LogP contribution in [-0.4, -0.2) is 28.9 Å². The smallest absolute Gasteiger partial charge is 0.334 e. The molecule has 0 radical (unpaired) electrons. The average Bonchev–Trinajstić information content (AvgIpc) is 2.60. The van der Waals surface area contributed by atoms with E-state index in [0.717, 1.165) is 16.4 Å². The van der Waals surface area contributed by atoms with Crippen LogP contribution in [0.3, 0.4) is 0 Å². The van der Waals surface area contributed by atoms with E-state index < -0.39 is 15.9 Å². The Bertz CT molecular complexity index is 758. The molecule has 3 rings (SSSR count). The van der Waals surface area contributed by atoms with Gasteiger partial charge in [0.25, 0.3) is 7.37 Å². The second-order valence-electron chi connectivity index (χ2n) is 5.79. The average molecular weight is 348 g/mol. The Morgan fingerprint density at radius 2 is 1.61 bits per heavy atom. The van der Waals surface area contributed by atoms with E-state index >= 15 is 0 Å². The molecule has 0 saturated carbocycles. The van der Waals surface area contributed by atoms with E-state index in [1.165, 1.54) is 0 Å². The van der Waals surface area contributed by atoms with Crippen LogP contribution in [0.1, 0.15) is 0 Å². The zero-order valence-electron chi connectivity index (χ0n) is 13.6. The summed E-state index contributed by atoms with van der Waals surface area (Å²) in [6.07, 6.45) is 0.419. The van der Waals surface area contributed by atoms with Gasteiger partial charge in [0.1, 0.15) is 5.75 Å². The molecule has 1 aliphatic rings. The van der Waals surface area contributed by atoms with Crippen molar-refractivity contribution in [2.75, 3.05) is 20.4 Å². The fourth-order valence-corrected chi connectivity index (χ4v) is 7.94. The van der Waals surface area contributed by atoms with Crippen molar-refractivity contribution in [3.63, 3.8) is 0 Å². The van der Waals surface area contributed by atoms with Crippen LogP contribution >= 0.6 is 7.37 Å². The third kappa shape index (κ3) is 3.02. The van der Waals surface area contributed by atoms with Crippen LogP contribution in [-0.2, 0) is 13.4 Å². The minimum absolute atomic E-state index is 0.419. The molecule has 0 aromatic heterocycles. The molecule has 2 aromatic carbocycles. The van der Waals surface area contributed by atoms with Gasteiger partial charge in [0.05, 0.1) is 5.30 Å². The summed E-state index contributed by atoms with van der Waals surface area (Å²) in [7, 11) is -1.98. The maximum atomic E-state index is 13.6. The molecule has 0 fully saturated rings. The molecule has 0 N–H and O–H groups in total. The van der Waals surface area contributed by atoms with Gasteiger partial charge >= 0.3 is 8.56 Å². The van der Waals surface area contributed by atoms with Crippen molar-refractivity contribution >= 4 is 21.2 Å². The van der Waals surface area contributed by atoms with Gasteiger partial charge in [-0.2, -0.15) is 0 Å². The lowest BCUT2D eigenvalue weighted by Crippen LogP contribution is -2.37. The Hall–Kier alpha value is -1.39. The zero-order chi connectivity index (χ0) is 16.5. The molecular formula is C17H21O4PSi. The first-order valence-electron chi connectivity index (χ1n) is 7.59. The molecule has 1 aliphatic heterocycles. The van der Waals surface area contributed by atoms with Gasteiger partial charge in [-0.25, -0.2) is 0 Å². The monoisotopic (exact) mass is 348 g/mol. The molecule has 1 unspecified atom stereocenters. The Labute approximate surface area is 138 Å². The van der Waals surface area contributed by atoms with Gasteiger partial charge in [0.2, 0.25) is 0 Å². The van der Waals surface area contributed by atoms with E-state index in [2.05, 4.69) is 0 Å². The molecule has 0 aliphatic carbocycles. The van der Waals surface area contributed by atoms with Crippen LogP contribution in [0.5, 0.6) is 5.75 Å². The van der Waals surface area contributed by atoms with E-state index in [-0.39, 0.29) is 0 Å². The van der Waals surface area contributed by atoms with Gasteiger partial charge in [-0.1, -0.05) is 36.4 Å². The van der Waals surface area contributed by atoms with E-state index in [4.69, 9.17) is 13.4 Å². The van der Waals surface area contributed by atoms with Gasteiger partial charge in [-0.3, -0.25) is 4.57 Å². The summed E-state index contributed by atoms with van der Waals surface area (Å²) in [5.41, 5.74) is 1.99. The predicted octanol–water partition coefficient (Wildman–Crippen LogP) is 4.01. The molecule has 0 amide bonds. The highest BCUT2D eigenvalue weighted by molar-refractivity contribution is 7.68. The third-order valence-electron chi connectivity index (χ3n) is 4.42. The summed E-state index contributed by atoms with van der Waals surface area (Å²) in [5.74, 6) is 0.688. The second kappa shape index (κ2) is 6.25. The first-order valence-corrected chi connectivity index (χ1v) is 11.9.